The summed E-state index contributed by atoms with van der Waals surface area (Å²) in [4.78, 5) is 22.7. The molecule has 2 unspecified atom stereocenters. The summed E-state index contributed by atoms with van der Waals surface area (Å²) < 4.78 is 37.0. The first-order valence-electron chi connectivity index (χ1n) is 9.62. The summed E-state index contributed by atoms with van der Waals surface area (Å²) in [5.41, 5.74) is 2.19. The average molecular weight is 423 g/mol. The van der Waals surface area contributed by atoms with Crippen LogP contribution in [0.25, 0.3) is 5.57 Å². The maximum atomic E-state index is 12.4. The predicted octanol–water partition coefficient (Wildman–Crippen LogP) is 2.88. The van der Waals surface area contributed by atoms with Crippen molar-refractivity contribution in [2.24, 2.45) is 0 Å². The van der Waals surface area contributed by atoms with Gasteiger partial charge in [0, 0.05) is 38.2 Å². The number of nitrogens with zero attached hydrogens (tertiary/aromatic N) is 3. The van der Waals surface area contributed by atoms with Crippen molar-refractivity contribution >= 4 is 23.8 Å². The smallest absolute Gasteiger partial charge is 0.390 e. The van der Waals surface area contributed by atoms with Gasteiger partial charge in [0.25, 0.3) is 0 Å². The first kappa shape index (κ1) is 21.6. The summed E-state index contributed by atoms with van der Waals surface area (Å²) >= 11 is 0. The maximum absolute atomic E-state index is 12.4. The molecule has 3 rings (SSSR count). The third-order valence-electron chi connectivity index (χ3n) is 5.01. The monoisotopic (exact) mass is 423 g/mol. The zero-order valence-corrected chi connectivity index (χ0v) is 16.5. The maximum Gasteiger partial charge on any atom is 0.390 e. The fourth-order valence-electron chi connectivity index (χ4n) is 3.74. The number of anilines is 1. The fraction of sp³-hybridized carbons (Fsp3) is 0.474. The Balaban J connectivity index is 1.69. The van der Waals surface area contributed by atoms with Crippen LogP contribution in [0.4, 0.5) is 23.9 Å². The molecule has 1 aromatic rings. The number of halogens is 3. The molecule has 0 aliphatic carbocycles. The molecule has 1 aromatic heterocycles. The molecule has 0 aromatic carbocycles. The molecule has 1 saturated heterocycles. The predicted molar refractivity (Wildman–Crippen MR) is 107 cm³/mol. The number of nitrogens with one attached hydrogen (secondary N) is 4. The second kappa shape index (κ2) is 9.14. The lowest BCUT2D eigenvalue weighted by molar-refractivity contribution is -0.133. The molecule has 2 aliphatic heterocycles. The molecule has 11 heteroatoms. The summed E-state index contributed by atoms with van der Waals surface area (Å²) in [7, 11) is 1.72. The van der Waals surface area contributed by atoms with Gasteiger partial charge in [-0.25, -0.2) is 14.8 Å². The van der Waals surface area contributed by atoms with E-state index in [1.54, 1.807) is 30.4 Å². The van der Waals surface area contributed by atoms with Crippen molar-refractivity contribution in [2.45, 2.75) is 43.9 Å². The molecule has 3 heterocycles. The second-order valence-electron chi connectivity index (χ2n) is 7.12. The lowest BCUT2D eigenvalue weighted by atomic mass is 9.98. The van der Waals surface area contributed by atoms with E-state index in [1.807, 2.05) is 6.08 Å². The minimum absolute atomic E-state index is 0.0754. The molecule has 0 radical (unpaired) electrons. The second-order valence-corrected chi connectivity index (χ2v) is 7.12. The van der Waals surface area contributed by atoms with Gasteiger partial charge in [0.1, 0.15) is 0 Å². The van der Waals surface area contributed by atoms with Crippen LogP contribution in [-0.4, -0.2) is 59.0 Å². The molecule has 162 valence electrons. The van der Waals surface area contributed by atoms with E-state index < -0.39 is 25.2 Å². The first-order valence-corrected chi connectivity index (χ1v) is 9.62. The molecule has 2 aliphatic rings. The fourth-order valence-corrected chi connectivity index (χ4v) is 3.74. The van der Waals surface area contributed by atoms with Gasteiger partial charge >= 0.3 is 12.2 Å². The molecular weight excluding hydrogens is 399 g/mol. The highest BCUT2D eigenvalue weighted by atomic mass is 19.4. The Hall–Kier alpha value is -3.11. The van der Waals surface area contributed by atoms with Crippen molar-refractivity contribution in [1.82, 2.24) is 25.5 Å². The van der Waals surface area contributed by atoms with Gasteiger partial charge < -0.3 is 26.3 Å². The van der Waals surface area contributed by atoms with Gasteiger partial charge in [0.2, 0.25) is 5.95 Å². The summed E-state index contributed by atoms with van der Waals surface area (Å²) in [5.74, 6) is 0.345. The Bertz CT molecular complexity index is 853. The van der Waals surface area contributed by atoms with E-state index in [2.05, 4.69) is 25.9 Å². The van der Waals surface area contributed by atoms with Crippen molar-refractivity contribution in [2.75, 3.05) is 18.9 Å². The van der Waals surface area contributed by atoms with Crippen LogP contribution in [-0.2, 0) is 0 Å². The van der Waals surface area contributed by atoms with Gasteiger partial charge in [0.15, 0.2) is 0 Å². The van der Waals surface area contributed by atoms with E-state index in [0.717, 1.165) is 30.3 Å². The van der Waals surface area contributed by atoms with Crippen molar-refractivity contribution in [3.8, 4) is 0 Å². The third-order valence-corrected chi connectivity index (χ3v) is 5.01. The van der Waals surface area contributed by atoms with Crippen LogP contribution in [0, 0.1) is 5.41 Å². The highest BCUT2D eigenvalue weighted by Crippen LogP contribution is 2.38. The molecule has 0 spiro atoms. The van der Waals surface area contributed by atoms with Crippen molar-refractivity contribution in [1.29, 1.82) is 5.41 Å². The van der Waals surface area contributed by atoms with Gasteiger partial charge in [-0.2, -0.15) is 13.2 Å². The van der Waals surface area contributed by atoms with E-state index in [1.165, 1.54) is 0 Å². The number of hydrogen-bond donors (Lipinski definition) is 4. The highest BCUT2D eigenvalue weighted by molar-refractivity contribution is 5.80. The van der Waals surface area contributed by atoms with E-state index in [0.29, 0.717) is 18.1 Å². The van der Waals surface area contributed by atoms with Crippen LogP contribution in [0.3, 0.4) is 0 Å². The third kappa shape index (κ3) is 5.28. The van der Waals surface area contributed by atoms with Crippen LogP contribution < -0.4 is 16.0 Å². The summed E-state index contributed by atoms with van der Waals surface area (Å²) in [6.45, 7) is -0.425. The molecule has 2 atom stereocenters. The number of alkyl halides is 3. The quantitative estimate of drug-likeness (QED) is 0.505. The average Bonchev–Trinajstić information content (AvgIpc) is 2.96. The van der Waals surface area contributed by atoms with Gasteiger partial charge in [-0.1, -0.05) is 6.08 Å². The molecule has 8 nitrogen and oxygen atoms in total. The number of amides is 2. The normalized spacial score (nSPS) is 21.1. The number of urea groups is 1. The first-order chi connectivity index (χ1) is 14.3. The molecule has 2 amide bonds. The minimum atomic E-state index is -4.29. The zero-order valence-electron chi connectivity index (χ0n) is 16.5. The van der Waals surface area contributed by atoms with Gasteiger partial charge in [0.05, 0.1) is 23.9 Å². The minimum Gasteiger partial charge on any atom is -0.392 e. The molecular formula is C19H24F3N7O. The number of carbonyl (C=O) groups is 1. The van der Waals surface area contributed by atoms with Crippen LogP contribution in [0.15, 0.2) is 30.2 Å². The highest BCUT2D eigenvalue weighted by Gasteiger charge is 2.40. The topological polar surface area (TPSA) is 106 Å². The van der Waals surface area contributed by atoms with Gasteiger partial charge in [-0.3, -0.25) is 0 Å². The van der Waals surface area contributed by atoms with Crippen LogP contribution >= 0.6 is 0 Å². The summed E-state index contributed by atoms with van der Waals surface area (Å²) in [6.07, 6.45) is 3.12. The number of carbonyl (C=O) groups excluding carboxylic acids is 1. The zero-order chi connectivity index (χ0) is 21.7. The Morgan fingerprint density at radius 2 is 2.20 bits per heavy atom. The van der Waals surface area contributed by atoms with Crippen molar-refractivity contribution < 1.29 is 18.0 Å². The summed E-state index contributed by atoms with van der Waals surface area (Å²) in [5, 5.41) is 15.6. The number of hydrogen-bond acceptors (Lipinski definition) is 6. The Morgan fingerprint density at radius 1 is 1.40 bits per heavy atom. The molecule has 1 fully saturated rings. The largest absolute Gasteiger partial charge is 0.392 e. The van der Waals surface area contributed by atoms with Gasteiger partial charge in [-0.15, -0.1) is 0 Å². The number of rotatable bonds is 7. The molecule has 4 N–H and O–H groups in total. The van der Waals surface area contributed by atoms with E-state index in [4.69, 9.17) is 5.41 Å². The lowest BCUT2D eigenvalue weighted by Gasteiger charge is -2.34. The summed E-state index contributed by atoms with van der Waals surface area (Å²) in [6, 6.07) is 1.08. The van der Waals surface area contributed by atoms with Crippen LogP contribution in [0.2, 0.25) is 0 Å². The SMILES string of the molecule is CN/C=C(\C=N)Nc1nccc(C2=CC3CCC(C2)N3C(=O)NCCC(F)(F)F)n1. The Labute approximate surface area is 172 Å². The number of aromatic nitrogens is 2. The van der Waals surface area contributed by atoms with Gasteiger partial charge in [-0.05, 0) is 30.9 Å². The van der Waals surface area contributed by atoms with Crippen LogP contribution in [0.5, 0.6) is 0 Å². The van der Waals surface area contributed by atoms with Crippen molar-refractivity contribution in [3.05, 3.63) is 35.9 Å². The van der Waals surface area contributed by atoms with Crippen LogP contribution in [0.1, 0.15) is 31.4 Å². The lowest BCUT2D eigenvalue weighted by Crippen LogP contribution is -2.48. The van der Waals surface area contributed by atoms with E-state index in [-0.39, 0.29) is 12.1 Å². The number of allylic oxidation sites excluding steroid dienone is 1. The number of fused-ring (bicyclic) bond motifs is 2. The molecule has 30 heavy (non-hydrogen) atoms. The Morgan fingerprint density at radius 3 is 2.87 bits per heavy atom. The van der Waals surface area contributed by atoms with E-state index >= 15 is 0 Å². The van der Waals surface area contributed by atoms with Crippen molar-refractivity contribution in [3.63, 3.8) is 0 Å². The molecule has 0 saturated carbocycles. The Kier molecular flexibility index (Phi) is 6.58. The van der Waals surface area contributed by atoms with E-state index in [9.17, 15) is 18.0 Å². The standard InChI is InChI=1S/C19H24F3N7O/c1-24-11-13(10-23)27-17-25-6-4-16(28-17)12-8-14-2-3-15(9-12)29(14)18(30)26-7-5-19(20,21)22/h4,6,8,10-11,14-15,23-24H,2-3,5,7,9H2,1H3,(H,26,30)(H,25,27,28)/b13-11+,23-10?. The molecule has 2 bridgehead atoms.